The number of amides is 1. The predicted molar refractivity (Wildman–Crippen MR) is 116 cm³/mol. The molecule has 3 rings (SSSR count). The molecule has 0 radical (unpaired) electrons. The van der Waals surface area contributed by atoms with Gasteiger partial charge in [-0.3, -0.25) is 4.79 Å². The van der Waals surface area contributed by atoms with Gasteiger partial charge in [-0.2, -0.15) is 0 Å². The number of carbonyl (C=O) groups excluding carboxylic acids is 1. The third-order valence-electron chi connectivity index (χ3n) is 5.42. The third kappa shape index (κ3) is 6.37. The van der Waals surface area contributed by atoms with Gasteiger partial charge < -0.3 is 15.2 Å². The number of hydrogen-bond donors (Lipinski definition) is 2. The monoisotopic (exact) mass is 414 g/mol. The van der Waals surface area contributed by atoms with E-state index < -0.39 is 0 Å². The second kappa shape index (κ2) is 11.5. The summed E-state index contributed by atoms with van der Waals surface area (Å²) in [6.07, 6.45) is 3.97. The van der Waals surface area contributed by atoms with Crippen molar-refractivity contribution in [3.05, 3.63) is 30.1 Å². The van der Waals surface area contributed by atoms with Crippen LogP contribution in [0.25, 0.3) is 11.0 Å². The zero-order chi connectivity index (χ0) is 17.6. The van der Waals surface area contributed by atoms with Gasteiger partial charge in [-0.15, -0.1) is 24.8 Å². The maximum Gasteiger partial charge on any atom is 0.220 e. The zero-order valence-electron chi connectivity index (χ0n) is 16.2. The van der Waals surface area contributed by atoms with Gasteiger partial charge in [0.2, 0.25) is 5.91 Å². The summed E-state index contributed by atoms with van der Waals surface area (Å²) < 4.78 is 2.24. The molecule has 1 aromatic carbocycles. The maximum absolute atomic E-state index is 12.2. The van der Waals surface area contributed by atoms with Crippen LogP contribution in [0.2, 0.25) is 0 Å². The van der Waals surface area contributed by atoms with E-state index in [0.29, 0.717) is 18.3 Å². The quantitative estimate of drug-likeness (QED) is 0.678. The van der Waals surface area contributed by atoms with Gasteiger partial charge in [-0.05, 0) is 63.2 Å². The fraction of sp³-hybridized carbons (Fsp3) is 0.600. The second-order valence-corrected chi connectivity index (χ2v) is 7.27. The lowest BCUT2D eigenvalue weighted by Crippen LogP contribution is -2.33. The van der Waals surface area contributed by atoms with Gasteiger partial charge in [0.1, 0.15) is 5.82 Å². The van der Waals surface area contributed by atoms with Crippen LogP contribution in [0.4, 0.5) is 0 Å². The number of aryl methyl sites for hydroxylation is 2. The molecule has 27 heavy (non-hydrogen) atoms. The largest absolute Gasteiger partial charge is 0.356 e. The van der Waals surface area contributed by atoms with Crippen molar-refractivity contribution < 1.29 is 4.79 Å². The van der Waals surface area contributed by atoms with Gasteiger partial charge in [0.05, 0.1) is 11.0 Å². The molecule has 7 heteroatoms. The predicted octanol–water partition coefficient (Wildman–Crippen LogP) is 3.72. The number of imidazole rings is 1. The highest BCUT2D eigenvalue weighted by Gasteiger charge is 2.21. The number of piperidine rings is 1. The van der Waals surface area contributed by atoms with Gasteiger partial charge in [-0.1, -0.05) is 19.1 Å². The Morgan fingerprint density at radius 1 is 1.30 bits per heavy atom. The van der Waals surface area contributed by atoms with Crippen molar-refractivity contribution in [2.24, 2.45) is 11.8 Å². The Kier molecular flexibility index (Phi) is 10.1. The highest BCUT2D eigenvalue weighted by Crippen LogP contribution is 2.24. The van der Waals surface area contributed by atoms with Crippen LogP contribution in [0.15, 0.2) is 24.3 Å². The first kappa shape index (κ1) is 23.7. The molecule has 0 saturated carbocycles. The topological polar surface area (TPSA) is 59.0 Å². The van der Waals surface area contributed by atoms with Crippen molar-refractivity contribution in [2.45, 2.75) is 46.1 Å². The molecular formula is C20H32Cl2N4O. The molecule has 5 nitrogen and oxygen atoms in total. The Bertz CT molecular complexity index is 713. The molecule has 2 N–H and O–H groups in total. The average molecular weight is 415 g/mol. The van der Waals surface area contributed by atoms with Crippen LogP contribution < -0.4 is 10.6 Å². The second-order valence-electron chi connectivity index (χ2n) is 7.27. The van der Waals surface area contributed by atoms with Gasteiger partial charge in [0.25, 0.3) is 0 Å². The van der Waals surface area contributed by atoms with E-state index in [9.17, 15) is 4.79 Å². The summed E-state index contributed by atoms with van der Waals surface area (Å²) in [5.74, 6) is 2.39. The van der Waals surface area contributed by atoms with E-state index in [1.165, 1.54) is 18.4 Å². The summed E-state index contributed by atoms with van der Waals surface area (Å²) >= 11 is 0. The lowest BCUT2D eigenvalue weighted by molar-refractivity contribution is -0.122. The van der Waals surface area contributed by atoms with Gasteiger partial charge in [0.15, 0.2) is 0 Å². The molecule has 1 unspecified atom stereocenters. The number of fused-ring (bicyclic) bond motifs is 1. The average Bonchev–Trinajstić information content (AvgIpc) is 2.95. The molecule has 1 atom stereocenters. The van der Waals surface area contributed by atoms with E-state index in [-0.39, 0.29) is 30.7 Å². The molecule has 1 aromatic heterocycles. The van der Waals surface area contributed by atoms with Crippen molar-refractivity contribution in [3.8, 4) is 0 Å². The molecule has 0 bridgehead atoms. The van der Waals surface area contributed by atoms with Gasteiger partial charge in [-0.25, -0.2) is 4.98 Å². The fourth-order valence-corrected chi connectivity index (χ4v) is 3.89. The first-order valence-electron chi connectivity index (χ1n) is 9.54. The minimum absolute atomic E-state index is 0. The fourth-order valence-electron chi connectivity index (χ4n) is 3.89. The van der Waals surface area contributed by atoms with E-state index in [2.05, 4.69) is 33.2 Å². The standard InChI is InChI=1S/C20H30N4O.2ClH/c1-15(17-8-11-21-12-9-17)14-20(25)22-10-5-13-24-16(2)23-18-6-3-4-7-19(18)24;;/h3-4,6-7,15,17,21H,5,8-14H2,1-2H3,(H,22,25);2*1H. The highest BCUT2D eigenvalue weighted by molar-refractivity contribution is 5.85. The Morgan fingerprint density at radius 2 is 2.00 bits per heavy atom. The summed E-state index contributed by atoms with van der Waals surface area (Å²) in [6.45, 7) is 8.06. The Balaban J connectivity index is 0.00000182. The number of benzene rings is 1. The van der Waals surface area contributed by atoms with Crippen LogP contribution in [0.3, 0.4) is 0 Å². The maximum atomic E-state index is 12.2. The Morgan fingerprint density at radius 3 is 2.74 bits per heavy atom. The molecule has 1 fully saturated rings. The van der Waals surface area contributed by atoms with Crippen molar-refractivity contribution in [1.82, 2.24) is 20.2 Å². The van der Waals surface area contributed by atoms with Crippen LogP contribution in [-0.4, -0.2) is 35.1 Å². The molecule has 1 amide bonds. The lowest BCUT2D eigenvalue weighted by Gasteiger charge is -2.27. The number of carbonyl (C=O) groups is 1. The number of nitrogens with zero attached hydrogens (tertiary/aromatic N) is 2. The molecule has 2 aromatic rings. The summed E-state index contributed by atoms with van der Waals surface area (Å²) in [5.41, 5.74) is 2.21. The van der Waals surface area contributed by atoms with Crippen LogP contribution >= 0.6 is 24.8 Å². The number of para-hydroxylation sites is 2. The van der Waals surface area contributed by atoms with E-state index >= 15 is 0 Å². The van der Waals surface area contributed by atoms with Crippen LogP contribution in [-0.2, 0) is 11.3 Å². The minimum atomic E-state index is 0. The number of rotatable bonds is 7. The minimum Gasteiger partial charge on any atom is -0.356 e. The molecule has 1 aliphatic rings. The molecule has 0 aliphatic carbocycles. The van der Waals surface area contributed by atoms with Crippen LogP contribution in [0.5, 0.6) is 0 Å². The normalized spacial score (nSPS) is 15.6. The number of hydrogen-bond acceptors (Lipinski definition) is 3. The molecule has 0 spiro atoms. The third-order valence-corrected chi connectivity index (χ3v) is 5.42. The summed E-state index contributed by atoms with van der Waals surface area (Å²) in [4.78, 5) is 16.8. The van der Waals surface area contributed by atoms with Gasteiger partial charge in [0, 0.05) is 19.5 Å². The molecule has 1 aliphatic heterocycles. The smallest absolute Gasteiger partial charge is 0.220 e. The van der Waals surface area contributed by atoms with Crippen LogP contribution in [0, 0.1) is 18.8 Å². The van der Waals surface area contributed by atoms with Crippen molar-refractivity contribution in [3.63, 3.8) is 0 Å². The summed E-state index contributed by atoms with van der Waals surface area (Å²) in [6, 6.07) is 8.21. The Hall–Kier alpha value is -1.30. The van der Waals surface area contributed by atoms with Crippen molar-refractivity contribution in [2.75, 3.05) is 19.6 Å². The van der Waals surface area contributed by atoms with Crippen molar-refractivity contribution >= 4 is 41.8 Å². The molecule has 152 valence electrons. The van der Waals surface area contributed by atoms with E-state index in [0.717, 1.165) is 43.9 Å². The van der Waals surface area contributed by atoms with E-state index in [1.54, 1.807) is 0 Å². The SMILES string of the molecule is Cc1nc2ccccc2n1CCCNC(=O)CC(C)C1CCNCC1.Cl.Cl. The Labute approximate surface area is 174 Å². The molecular weight excluding hydrogens is 383 g/mol. The zero-order valence-corrected chi connectivity index (χ0v) is 17.9. The number of nitrogens with one attached hydrogen (secondary N) is 2. The van der Waals surface area contributed by atoms with Crippen molar-refractivity contribution in [1.29, 1.82) is 0 Å². The molecule has 2 heterocycles. The van der Waals surface area contributed by atoms with Gasteiger partial charge >= 0.3 is 0 Å². The first-order chi connectivity index (χ1) is 12.1. The van der Waals surface area contributed by atoms with Crippen LogP contribution in [0.1, 0.15) is 38.4 Å². The van der Waals surface area contributed by atoms with E-state index in [1.807, 2.05) is 25.1 Å². The first-order valence-corrected chi connectivity index (χ1v) is 9.54. The summed E-state index contributed by atoms with van der Waals surface area (Å²) in [7, 11) is 0. The number of halogens is 2. The number of aromatic nitrogens is 2. The lowest BCUT2D eigenvalue weighted by atomic mass is 9.84. The molecule has 1 saturated heterocycles. The summed E-state index contributed by atoms with van der Waals surface area (Å²) in [5, 5.41) is 6.48. The highest BCUT2D eigenvalue weighted by atomic mass is 35.5. The van der Waals surface area contributed by atoms with E-state index in [4.69, 9.17) is 0 Å².